The smallest absolute Gasteiger partial charge is 0.258 e. The van der Waals surface area contributed by atoms with E-state index in [2.05, 4.69) is 14.9 Å². The topological polar surface area (TPSA) is 101 Å². The lowest BCUT2D eigenvalue weighted by molar-refractivity contribution is 0.575. The van der Waals surface area contributed by atoms with Gasteiger partial charge in [-0.05, 0) is 12.5 Å². The third-order valence-electron chi connectivity index (χ3n) is 2.75. The summed E-state index contributed by atoms with van der Waals surface area (Å²) in [4.78, 5) is 0. The Morgan fingerprint density at radius 2 is 2.00 bits per heavy atom. The Morgan fingerprint density at radius 1 is 1.32 bits per heavy atom. The number of nitrogens with one attached hydrogen (secondary N) is 2. The molecule has 19 heavy (non-hydrogen) atoms. The lowest BCUT2D eigenvalue weighted by Gasteiger charge is -2.06. The number of aryl methyl sites for hydroxylation is 1. The molecule has 0 saturated carbocycles. The van der Waals surface area contributed by atoms with Gasteiger partial charge in [-0.2, -0.15) is 5.10 Å². The largest absolute Gasteiger partial charge is 0.326 e. The molecule has 2 rings (SSSR count). The van der Waals surface area contributed by atoms with Crippen molar-refractivity contribution in [1.29, 1.82) is 0 Å². The van der Waals surface area contributed by atoms with Crippen molar-refractivity contribution in [2.24, 2.45) is 5.73 Å². The number of hydrogen-bond acceptors (Lipinski definition) is 4. The first-order valence-corrected chi connectivity index (χ1v) is 7.29. The Balaban J connectivity index is 2.12. The van der Waals surface area contributed by atoms with Gasteiger partial charge in [0.25, 0.3) is 10.0 Å². The Labute approximate surface area is 112 Å². The van der Waals surface area contributed by atoms with E-state index in [1.807, 2.05) is 31.2 Å². The maximum absolute atomic E-state index is 12.1. The van der Waals surface area contributed by atoms with Gasteiger partial charge in [0, 0.05) is 18.7 Å². The average Bonchev–Trinajstić information content (AvgIpc) is 2.87. The summed E-state index contributed by atoms with van der Waals surface area (Å²) < 4.78 is 26.7. The van der Waals surface area contributed by atoms with Gasteiger partial charge in [-0.25, -0.2) is 13.1 Å². The van der Waals surface area contributed by atoms with Crippen molar-refractivity contribution in [1.82, 2.24) is 14.9 Å². The van der Waals surface area contributed by atoms with Crippen molar-refractivity contribution in [3.05, 3.63) is 47.2 Å². The van der Waals surface area contributed by atoms with Gasteiger partial charge in [-0.1, -0.05) is 29.8 Å². The van der Waals surface area contributed by atoms with Crippen LogP contribution in [0.2, 0.25) is 0 Å². The molecule has 4 N–H and O–H groups in total. The highest BCUT2D eigenvalue weighted by Gasteiger charge is 2.19. The molecule has 0 aliphatic carbocycles. The van der Waals surface area contributed by atoms with E-state index in [4.69, 9.17) is 5.73 Å². The van der Waals surface area contributed by atoms with Crippen molar-refractivity contribution in [3.63, 3.8) is 0 Å². The molecule has 0 amide bonds. The molecule has 1 heterocycles. The highest BCUT2D eigenvalue weighted by molar-refractivity contribution is 7.89. The molecule has 0 radical (unpaired) electrons. The first kappa shape index (κ1) is 13.7. The molecule has 0 saturated heterocycles. The Kier molecular flexibility index (Phi) is 3.98. The second-order valence-corrected chi connectivity index (χ2v) is 5.94. The number of rotatable bonds is 5. The number of benzene rings is 1. The van der Waals surface area contributed by atoms with Gasteiger partial charge >= 0.3 is 0 Å². The van der Waals surface area contributed by atoms with Gasteiger partial charge in [-0.3, -0.25) is 5.10 Å². The first-order chi connectivity index (χ1) is 9.03. The van der Waals surface area contributed by atoms with Crippen molar-refractivity contribution < 1.29 is 8.42 Å². The Hall–Kier alpha value is -1.70. The van der Waals surface area contributed by atoms with Gasteiger partial charge in [0.2, 0.25) is 0 Å². The monoisotopic (exact) mass is 280 g/mol. The molecule has 0 aliphatic heterocycles. The van der Waals surface area contributed by atoms with Crippen LogP contribution < -0.4 is 10.5 Å². The van der Waals surface area contributed by atoms with Crippen LogP contribution in [0.5, 0.6) is 0 Å². The van der Waals surface area contributed by atoms with Crippen molar-refractivity contribution in [3.8, 4) is 0 Å². The quantitative estimate of drug-likeness (QED) is 0.748. The summed E-state index contributed by atoms with van der Waals surface area (Å²) in [6.45, 7) is 2.33. The summed E-state index contributed by atoms with van der Waals surface area (Å²) in [7, 11) is -3.62. The fourth-order valence-electron chi connectivity index (χ4n) is 1.63. The molecule has 1 aromatic carbocycles. The predicted molar refractivity (Wildman–Crippen MR) is 71.7 cm³/mol. The molecular formula is C12H16N4O2S. The molecular weight excluding hydrogens is 264 g/mol. The van der Waals surface area contributed by atoms with E-state index < -0.39 is 10.0 Å². The maximum Gasteiger partial charge on any atom is 0.258 e. The number of aromatic amines is 1. The summed E-state index contributed by atoms with van der Waals surface area (Å²) >= 11 is 0. The zero-order chi connectivity index (χ0) is 13.9. The lowest BCUT2D eigenvalue weighted by atomic mass is 10.2. The summed E-state index contributed by atoms with van der Waals surface area (Å²) in [5.74, 6) is 0. The Bertz CT molecular complexity index is 647. The second-order valence-electron chi connectivity index (χ2n) is 4.24. The minimum Gasteiger partial charge on any atom is -0.326 e. The fourth-order valence-corrected chi connectivity index (χ4v) is 2.79. The van der Waals surface area contributed by atoms with E-state index in [1.54, 1.807) is 0 Å². The molecule has 0 aliphatic rings. The molecule has 0 fully saturated rings. The van der Waals surface area contributed by atoms with Crippen molar-refractivity contribution >= 4 is 10.0 Å². The molecule has 102 valence electrons. The van der Waals surface area contributed by atoms with Crippen LogP contribution in [0.1, 0.15) is 16.7 Å². The Morgan fingerprint density at radius 3 is 2.63 bits per heavy atom. The van der Waals surface area contributed by atoms with E-state index in [-0.39, 0.29) is 18.1 Å². The van der Waals surface area contributed by atoms with E-state index >= 15 is 0 Å². The van der Waals surface area contributed by atoms with Crippen LogP contribution in [0.15, 0.2) is 35.5 Å². The van der Waals surface area contributed by atoms with Crippen LogP contribution in [0, 0.1) is 6.92 Å². The molecule has 0 atom stereocenters. The van der Waals surface area contributed by atoms with Crippen molar-refractivity contribution in [2.75, 3.05) is 0 Å². The van der Waals surface area contributed by atoms with E-state index in [9.17, 15) is 8.42 Å². The van der Waals surface area contributed by atoms with Gasteiger partial charge in [0.15, 0.2) is 5.03 Å². The first-order valence-electron chi connectivity index (χ1n) is 5.80. The molecule has 2 aromatic rings. The van der Waals surface area contributed by atoms with Gasteiger partial charge < -0.3 is 5.73 Å². The van der Waals surface area contributed by atoms with Crippen LogP contribution in [0.25, 0.3) is 0 Å². The molecule has 1 aromatic heterocycles. The summed E-state index contributed by atoms with van der Waals surface area (Å²) in [5.41, 5.74) is 7.95. The van der Waals surface area contributed by atoms with Gasteiger partial charge in [0.05, 0.1) is 6.20 Å². The van der Waals surface area contributed by atoms with Gasteiger partial charge in [0.1, 0.15) is 0 Å². The standard InChI is InChI=1S/C12H16N4O2S/c1-9-2-4-10(5-3-9)7-15-19(17,18)12-11(6-13)8-14-16-12/h2-5,8,15H,6-7,13H2,1H3,(H,14,16). The maximum atomic E-state index is 12.1. The van der Waals surface area contributed by atoms with Crippen LogP contribution in [0.4, 0.5) is 0 Å². The number of sulfonamides is 1. The minimum atomic E-state index is -3.62. The molecule has 6 nitrogen and oxygen atoms in total. The number of H-pyrrole nitrogens is 1. The average molecular weight is 280 g/mol. The fraction of sp³-hybridized carbons (Fsp3) is 0.250. The third kappa shape index (κ3) is 3.19. The number of aromatic nitrogens is 2. The normalized spacial score (nSPS) is 11.7. The number of nitrogens with zero attached hydrogens (tertiary/aromatic N) is 1. The van der Waals surface area contributed by atoms with E-state index in [1.165, 1.54) is 6.20 Å². The summed E-state index contributed by atoms with van der Waals surface area (Å²) in [5, 5.41) is 6.19. The molecule has 7 heteroatoms. The number of nitrogens with two attached hydrogens (primary N) is 1. The summed E-state index contributed by atoms with van der Waals surface area (Å²) in [6, 6.07) is 7.64. The van der Waals surface area contributed by atoms with E-state index in [0.29, 0.717) is 5.56 Å². The highest BCUT2D eigenvalue weighted by atomic mass is 32.2. The molecule has 0 bridgehead atoms. The zero-order valence-electron chi connectivity index (χ0n) is 10.6. The zero-order valence-corrected chi connectivity index (χ0v) is 11.4. The minimum absolute atomic E-state index is 0.0297. The predicted octanol–water partition coefficient (Wildman–Crippen LogP) is 0.655. The molecule has 0 unspecified atom stereocenters. The van der Waals surface area contributed by atoms with Crippen molar-refractivity contribution in [2.45, 2.75) is 25.0 Å². The highest BCUT2D eigenvalue weighted by Crippen LogP contribution is 2.11. The lowest BCUT2D eigenvalue weighted by Crippen LogP contribution is -2.25. The van der Waals surface area contributed by atoms with Gasteiger partial charge in [-0.15, -0.1) is 0 Å². The van der Waals surface area contributed by atoms with Crippen LogP contribution in [-0.4, -0.2) is 18.6 Å². The van der Waals surface area contributed by atoms with Crippen LogP contribution in [-0.2, 0) is 23.1 Å². The molecule has 0 spiro atoms. The third-order valence-corrected chi connectivity index (χ3v) is 4.17. The van der Waals surface area contributed by atoms with Crippen LogP contribution in [0.3, 0.4) is 0 Å². The van der Waals surface area contributed by atoms with E-state index in [0.717, 1.165) is 11.1 Å². The second kappa shape index (κ2) is 5.52. The SMILES string of the molecule is Cc1ccc(CNS(=O)(=O)c2[nH]ncc2CN)cc1. The van der Waals surface area contributed by atoms with Crippen LogP contribution >= 0.6 is 0 Å². The number of hydrogen-bond donors (Lipinski definition) is 3. The summed E-state index contributed by atoms with van der Waals surface area (Å²) in [6.07, 6.45) is 1.42.